The first-order chi connectivity index (χ1) is 12.7. The fourth-order valence-corrected chi connectivity index (χ4v) is 3.71. The van der Waals surface area contributed by atoms with Crippen LogP contribution in [-0.2, 0) is 22.5 Å². The number of carbonyl (C=O) groups is 1. The monoisotopic (exact) mass is 377 g/mol. The van der Waals surface area contributed by atoms with Gasteiger partial charge in [-0.25, -0.2) is 4.98 Å². The molecule has 0 spiro atoms. The van der Waals surface area contributed by atoms with Gasteiger partial charge >= 0.3 is 0 Å². The van der Waals surface area contributed by atoms with Gasteiger partial charge in [0.15, 0.2) is 0 Å². The normalized spacial score (nSPS) is 20.3. The zero-order chi connectivity index (χ0) is 18.5. The highest BCUT2D eigenvalue weighted by Gasteiger charge is 2.36. The number of hydrogen-bond acceptors (Lipinski definition) is 4. The van der Waals surface area contributed by atoms with Crippen molar-refractivity contribution >= 4 is 17.5 Å². The molecule has 0 bridgehead atoms. The van der Waals surface area contributed by atoms with E-state index in [2.05, 4.69) is 4.98 Å². The second-order valence-electron chi connectivity index (χ2n) is 6.29. The molecule has 1 aromatic heterocycles. The minimum atomic E-state index is -0.480. The summed E-state index contributed by atoms with van der Waals surface area (Å²) in [5, 5.41) is 10.3. The lowest BCUT2D eigenvalue weighted by atomic mass is 9.97. The molecular weight excluding hydrogens is 354 g/mol. The van der Waals surface area contributed by atoms with E-state index < -0.39 is 6.10 Å². The SMILES string of the molecule is CCc1nccn1CCC(=O)N1CCO[C@@H](CO)[C@@H]1c1ccccc1Cl. The lowest BCUT2D eigenvalue weighted by Crippen LogP contribution is -2.49. The van der Waals surface area contributed by atoms with Gasteiger partial charge in [-0.2, -0.15) is 0 Å². The topological polar surface area (TPSA) is 67.6 Å². The number of aryl methyl sites for hydroxylation is 2. The number of benzene rings is 1. The van der Waals surface area contributed by atoms with Gasteiger partial charge in [-0.15, -0.1) is 0 Å². The third kappa shape index (κ3) is 3.92. The summed E-state index contributed by atoms with van der Waals surface area (Å²) >= 11 is 6.36. The second kappa shape index (κ2) is 8.66. The largest absolute Gasteiger partial charge is 0.394 e. The van der Waals surface area contributed by atoms with Crippen molar-refractivity contribution in [1.82, 2.24) is 14.5 Å². The maximum atomic E-state index is 13.0. The van der Waals surface area contributed by atoms with Crippen LogP contribution in [0, 0.1) is 0 Å². The van der Waals surface area contributed by atoms with Gasteiger partial charge in [0.25, 0.3) is 0 Å². The van der Waals surface area contributed by atoms with Crippen molar-refractivity contribution in [2.24, 2.45) is 0 Å². The molecule has 0 aliphatic carbocycles. The molecule has 0 radical (unpaired) electrons. The van der Waals surface area contributed by atoms with Crippen LogP contribution in [0.3, 0.4) is 0 Å². The van der Waals surface area contributed by atoms with Crippen molar-refractivity contribution in [3.05, 3.63) is 53.1 Å². The van der Waals surface area contributed by atoms with Crippen molar-refractivity contribution in [1.29, 1.82) is 0 Å². The smallest absolute Gasteiger partial charge is 0.225 e. The molecule has 1 aliphatic heterocycles. The van der Waals surface area contributed by atoms with E-state index in [-0.39, 0.29) is 18.6 Å². The molecule has 2 atom stereocenters. The molecule has 1 saturated heterocycles. The highest BCUT2D eigenvalue weighted by Crippen LogP contribution is 2.34. The molecule has 1 N–H and O–H groups in total. The third-order valence-electron chi connectivity index (χ3n) is 4.76. The van der Waals surface area contributed by atoms with Crippen LogP contribution in [0.15, 0.2) is 36.7 Å². The number of amides is 1. The van der Waals surface area contributed by atoms with E-state index in [9.17, 15) is 9.90 Å². The van der Waals surface area contributed by atoms with Crippen LogP contribution in [0.25, 0.3) is 0 Å². The minimum absolute atomic E-state index is 0.0208. The number of ether oxygens (including phenoxy) is 1. The summed E-state index contributed by atoms with van der Waals surface area (Å²) < 4.78 is 7.71. The fourth-order valence-electron chi connectivity index (χ4n) is 3.47. The van der Waals surface area contributed by atoms with Crippen molar-refractivity contribution in [2.75, 3.05) is 19.8 Å². The predicted molar refractivity (Wildman–Crippen MR) is 99.0 cm³/mol. The number of halogens is 1. The number of carbonyl (C=O) groups excluding carboxylic acids is 1. The van der Waals surface area contributed by atoms with Gasteiger partial charge in [-0.3, -0.25) is 4.79 Å². The maximum Gasteiger partial charge on any atom is 0.225 e. The van der Waals surface area contributed by atoms with Crippen molar-refractivity contribution < 1.29 is 14.6 Å². The van der Waals surface area contributed by atoms with Gasteiger partial charge in [0, 0.05) is 43.3 Å². The quantitative estimate of drug-likeness (QED) is 0.839. The molecule has 26 heavy (non-hydrogen) atoms. The molecule has 1 aliphatic rings. The van der Waals surface area contributed by atoms with Crippen LogP contribution in [0.2, 0.25) is 5.02 Å². The Hall–Kier alpha value is -1.89. The average molecular weight is 378 g/mol. The van der Waals surface area contributed by atoms with E-state index in [1.165, 1.54) is 0 Å². The molecule has 1 amide bonds. The maximum absolute atomic E-state index is 13.0. The number of aliphatic hydroxyl groups is 1. The van der Waals surface area contributed by atoms with E-state index in [0.29, 0.717) is 31.1 Å². The Bertz CT molecular complexity index is 749. The van der Waals surface area contributed by atoms with Gasteiger partial charge in [-0.05, 0) is 11.6 Å². The minimum Gasteiger partial charge on any atom is -0.394 e. The second-order valence-corrected chi connectivity index (χ2v) is 6.69. The number of rotatable bonds is 6. The molecule has 1 fully saturated rings. The highest BCUT2D eigenvalue weighted by molar-refractivity contribution is 6.31. The Balaban J connectivity index is 1.79. The first-order valence-corrected chi connectivity index (χ1v) is 9.29. The number of hydrogen-bond donors (Lipinski definition) is 1. The van der Waals surface area contributed by atoms with E-state index in [1.807, 2.05) is 35.9 Å². The molecule has 2 heterocycles. The summed E-state index contributed by atoms with van der Waals surface area (Å²) in [7, 11) is 0. The molecule has 2 aromatic rings. The number of aliphatic hydroxyl groups excluding tert-OH is 1. The highest BCUT2D eigenvalue weighted by atomic mass is 35.5. The summed E-state index contributed by atoms with van der Waals surface area (Å²) in [4.78, 5) is 19.0. The van der Waals surface area contributed by atoms with Gasteiger partial charge < -0.3 is 19.3 Å². The van der Waals surface area contributed by atoms with E-state index in [1.54, 1.807) is 17.2 Å². The van der Waals surface area contributed by atoms with Crippen LogP contribution in [0.1, 0.15) is 30.8 Å². The van der Waals surface area contributed by atoms with Crippen LogP contribution >= 0.6 is 11.6 Å². The summed E-state index contributed by atoms with van der Waals surface area (Å²) in [5.74, 6) is 0.989. The summed E-state index contributed by atoms with van der Waals surface area (Å²) in [6.45, 7) is 3.35. The molecule has 0 saturated carbocycles. The molecular formula is C19H24ClN3O3. The Morgan fingerprint density at radius 2 is 2.23 bits per heavy atom. The number of nitrogens with zero attached hydrogens (tertiary/aromatic N) is 3. The van der Waals surface area contributed by atoms with E-state index in [0.717, 1.165) is 17.8 Å². The van der Waals surface area contributed by atoms with Crippen LogP contribution < -0.4 is 0 Å². The lowest BCUT2D eigenvalue weighted by Gasteiger charge is -2.41. The zero-order valence-corrected chi connectivity index (χ0v) is 15.6. The van der Waals surface area contributed by atoms with Gasteiger partial charge in [0.2, 0.25) is 5.91 Å². The molecule has 1 aromatic carbocycles. The number of aromatic nitrogens is 2. The van der Waals surface area contributed by atoms with E-state index in [4.69, 9.17) is 16.3 Å². The first kappa shape index (κ1) is 18.9. The summed E-state index contributed by atoms with van der Waals surface area (Å²) in [6, 6.07) is 7.02. The average Bonchev–Trinajstić information content (AvgIpc) is 3.13. The lowest BCUT2D eigenvalue weighted by molar-refractivity contribution is -0.150. The summed E-state index contributed by atoms with van der Waals surface area (Å²) in [5.41, 5.74) is 0.804. The fraction of sp³-hybridized carbons (Fsp3) is 0.474. The van der Waals surface area contributed by atoms with Crippen LogP contribution in [-0.4, -0.2) is 51.3 Å². The standard InChI is InChI=1S/C19H24ClN3O3/c1-2-17-21-8-10-22(17)9-7-18(25)23-11-12-26-16(13-24)19(23)14-5-3-4-6-15(14)20/h3-6,8,10,16,19,24H,2,7,9,11-13H2,1H3/t16-,19-/m0/s1. The first-order valence-electron chi connectivity index (χ1n) is 8.92. The van der Waals surface area contributed by atoms with Crippen molar-refractivity contribution in [3.8, 4) is 0 Å². The van der Waals surface area contributed by atoms with Crippen molar-refractivity contribution in [2.45, 2.75) is 38.5 Å². The molecule has 6 nitrogen and oxygen atoms in total. The Morgan fingerprint density at radius 1 is 1.42 bits per heavy atom. The number of morpholine rings is 1. The molecule has 7 heteroatoms. The van der Waals surface area contributed by atoms with Gasteiger partial charge in [0.05, 0.1) is 19.3 Å². The third-order valence-corrected chi connectivity index (χ3v) is 5.10. The van der Waals surface area contributed by atoms with Crippen LogP contribution in [0.5, 0.6) is 0 Å². The van der Waals surface area contributed by atoms with Gasteiger partial charge in [-0.1, -0.05) is 36.7 Å². The Morgan fingerprint density at radius 3 is 2.96 bits per heavy atom. The zero-order valence-electron chi connectivity index (χ0n) is 14.8. The molecule has 0 unspecified atom stereocenters. The molecule has 140 valence electrons. The molecule has 3 rings (SSSR count). The number of imidazole rings is 1. The van der Waals surface area contributed by atoms with Crippen LogP contribution in [0.4, 0.5) is 0 Å². The van der Waals surface area contributed by atoms with Crippen molar-refractivity contribution in [3.63, 3.8) is 0 Å². The Labute approximate surface area is 158 Å². The summed E-state index contributed by atoms with van der Waals surface area (Å²) in [6.07, 6.45) is 4.36. The van der Waals surface area contributed by atoms with Gasteiger partial charge in [0.1, 0.15) is 11.9 Å². The van der Waals surface area contributed by atoms with E-state index >= 15 is 0 Å². The Kier molecular flexibility index (Phi) is 6.29. The predicted octanol–water partition coefficient (Wildman–Crippen LogP) is 2.45.